The topological polar surface area (TPSA) is 44.8 Å². The fourth-order valence-corrected chi connectivity index (χ4v) is 3.91. The molecule has 2 saturated heterocycles. The van der Waals surface area contributed by atoms with Crippen LogP contribution in [0.1, 0.15) is 41.0 Å². The summed E-state index contributed by atoms with van der Waals surface area (Å²) >= 11 is 0. The fraction of sp³-hybridized carbons (Fsp3) is 0.941. The number of nitrogens with zero attached hydrogens (tertiary/aromatic N) is 2. The first-order valence-electron chi connectivity index (χ1n) is 8.72. The minimum atomic E-state index is -0.397. The number of fused-ring (bicyclic) bond motifs is 1. The molecule has 22 heavy (non-hydrogen) atoms. The summed E-state index contributed by atoms with van der Waals surface area (Å²) in [6, 6.07) is 1.90. The highest BCUT2D eigenvalue weighted by Gasteiger charge is 2.57. The van der Waals surface area contributed by atoms with E-state index in [-0.39, 0.29) is 6.09 Å². The number of hydrogen-bond acceptors (Lipinski definition) is 4. The summed E-state index contributed by atoms with van der Waals surface area (Å²) < 4.78 is 5.46. The molecular weight excluding hydrogens is 278 g/mol. The number of hydrogen-bond donors (Lipinski definition) is 1. The smallest absolute Gasteiger partial charge is 0.410 e. The predicted octanol–water partition coefficient (Wildman–Crippen LogP) is 1.92. The van der Waals surface area contributed by atoms with E-state index < -0.39 is 5.60 Å². The zero-order valence-corrected chi connectivity index (χ0v) is 14.6. The molecule has 0 spiro atoms. The molecule has 0 radical (unpaired) electrons. The van der Waals surface area contributed by atoms with Crippen molar-refractivity contribution in [2.45, 2.75) is 64.8 Å². The third-order valence-corrected chi connectivity index (χ3v) is 5.22. The number of carbonyl (C=O) groups excluding carboxylic acids is 1. The van der Waals surface area contributed by atoms with E-state index >= 15 is 0 Å². The van der Waals surface area contributed by atoms with Crippen LogP contribution in [0.3, 0.4) is 0 Å². The van der Waals surface area contributed by atoms with Crippen molar-refractivity contribution < 1.29 is 9.53 Å². The Bertz CT molecular complexity index is 420. The van der Waals surface area contributed by atoms with E-state index in [1.165, 1.54) is 19.5 Å². The average Bonchev–Trinajstić information content (AvgIpc) is 2.83. The molecule has 0 aromatic carbocycles. The summed E-state index contributed by atoms with van der Waals surface area (Å²) in [5.74, 6) is 1.28. The zero-order chi connectivity index (χ0) is 16.1. The monoisotopic (exact) mass is 309 g/mol. The van der Waals surface area contributed by atoms with Gasteiger partial charge < -0.3 is 15.0 Å². The lowest BCUT2D eigenvalue weighted by Crippen LogP contribution is -2.42. The van der Waals surface area contributed by atoms with Crippen LogP contribution in [0, 0.1) is 11.8 Å². The van der Waals surface area contributed by atoms with Crippen molar-refractivity contribution in [1.29, 1.82) is 0 Å². The van der Waals surface area contributed by atoms with Gasteiger partial charge in [0.1, 0.15) is 5.60 Å². The van der Waals surface area contributed by atoms with E-state index in [0.29, 0.717) is 30.0 Å². The molecule has 2 aliphatic heterocycles. The molecule has 5 heteroatoms. The molecule has 3 rings (SSSR count). The van der Waals surface area contributed by atoms with Crippen LogP contribution in [-0.4, -0.2) is 65.8 Å². The maximum Gasteiger partial charge on any atom is 0.410 e. The van der Waals surface area contributed by atoms with Gasteiger partial charge in [0.2, 0.25) is 0 Å². The third-order valence-electron chi connectivity index (χ3n) is 5.22. The second kappa shape index (κ2) is 5.68. The molecule has 1 N–H and O–H groups in total. The van der Waals surface area contributed by atoms with Crippen molar-refractivity contribution >= 4 is 6.09 Å². The summed E-state index contributed by atoms with van der Waals surface area (Å²) in [5, 5.41) is 3.83. The van der Waals surface area contributed by atoms with Gasteiger partial charge in [0, 0.05) is 37.8 Å². The predicted molar refractivity (Wildman–Crippen MR) is 86.8 cm³/mol. The molecule has 1 saturated carbocycles. The van der Waals surface area contributed by atoms with Crippen LogP contribution in [0.2, 0.25) is 0 Å². The highest BCUT2D eigenvalue weighted by Crippen LogP contribution is 2.46. The van der Waals surface area contributed by atoms with Crippen LogP contribution in [0.5, 0.6) is 0 Å². The van der Waals surface area contributed by atoms with Crippen molar-refractivity contribution in [3.05, 3.63) is 0 Å². The highest BCUT2D eigenvalue weighted by atomic mass is 16.6. The minimum absolute atomic E-state index is 0.148. The number of nitrogens with one attached hydrogen (secondary N) is 1. The van der Waals surface area contributed by atoms with E-state index in [0.717, 1.165) is 13.1 Å². The normalized spacial score (nSPS) is 35.1. The number of ether oxygens (including phenoxy) is 1. The standard InChI is InChI=1S/C17H31N3O2/c1-11(2)19-7-6-12(8-19)18-15-13-9-20(10-14(13)15)16(21)22-17(3,4)5/h11-15,18H,6-10H2,1-5H3. The molecule has 0 aromatic heterocycles. The SMILES string of the molecule is CC(C)N1CCC(NC2C3CN(C(=O)OC(C)(C)C)CC32)C1. The first-order valence-corrected chi connectivity index (χ1v) is 8.72. The largest absolute Gasteiger partial charge is 0.444 e. The average molecular weight is 309 g/mol. The van der Waals surface area contributed by atoms with Gasteiger partial charge in [0.05, 0.1) is 0 Å². The van der Waals surface area contributed by atoms with E-state index in [2.05, 4.69) is 24.1 Å². The number of rotatable bonds is 3. The van der Waals surface area contributed by atoms with Gasteiger partial charge >= 0.3 is 6.09 Å². The molecule has 5 nitrogen and oxygen atoms in total. The van der Waals surface area contributed by atoms with Crippen molar-refractivity contribution in [1.82, 2.24) is 15.1 Å². The summed E-state index contributed by atoms with van der Waals surface area (Å²) in [4.78, 5) is 16.5. The molecule has 3 fully saturated rings. The van der Waals surface area contributed by atoms with E-state index in [9.17, 15) is 4.79 Å². The number of amides is 1. The van der Waals surface area contributed by atoms with Crippen LogP contribution in [0.25, 0.3) is 0 Å². The molecule has 126 valence electrons. The first-order chi connectivity index (χ1) is 10.2. The van der Waals surface area contributed by atoms with Gasteiger partial charge in [-0.25, -0.2) is 4.79 Å². The molecule has 3 atom stereocenters. The molecular formula is C17H31N3O2. The van der Waals surface area contributed by atoms with Gasteiger partial charge in [-0.15, -0.1) is 0 Å². The summed E-state index contributed by atoms with van der Waals surface area (Å²) in [7, 11) is 0. The van der Waals surface area contributed by atoms with Gasteiger partial charge in [-0.2, -0.15) is 0 Å². The number of carbonyl (C=O) groups is 1. The van der Waals surface area contributed by atoms with Crippen molar-refractivity contribution in [3.8, 4) is 0 Å². The summed E-state index contributed by atoms with van der Waals surface area (Å²) in [6.45, 7) is 14.4. The second-order valence-electron chi connectivity index (χ2n) is 8.48. The molecule has 3 aliphatic rings. The van der Waals surface area contributed by atoms with E-state index in [1.54, 1.807) is 0 Å². The lowest BCUT2D eigenvalue weighted by molar-refractivity contribution is 0.0268. The van der Waals surface area contributed by atoms with Crippen molar-refractivity contribution in [3.63, 3.8) is 0 Å². The van der Waals surface area contributed by atoms with Crippen molar-refractivity contribution in [2.75, 3.05) is 26.2 Å². The molecule has 2 heterocycles. The van der Waals surface area contributed by atoms with Crippen LogP contribution in [0.4, 0.5) is 4.79 Å². The molecule has 0 bridgehead atoms. The fourth-order valence-electron chi connectivity index (χ4n) is 3.91. The van der Waals surface area contributed by atoms with Crippen molar-refractivity contribution in [2.24, 2.45) is 11.8 Å². The van der Waals surface area contributed by atoms with Crippen LogP contribution in [-0.2, 0) is 4.74 Å². The Balaban J connectivity index is 1.41. The number of likely N-dealkylation sites (tertiary alicyclic amines) is 2. The lowest BCUT2D eigenvalue weighted by atomic mass is 10.2. The Morgan fingerprint density at radius 3 is 2.32 bits per heavy atom. The zero-order valence-electron chi connectivity index (χ0n) is 14.6. The maximum atomic E-state index is 12.1. The summed E-state index contributed by atoms with van der Waals surface area (Å²) in [6.07, 6.45) is 1.11. The summed E-state index contributed by atoms with van der Waals surface area (Å²) in [5.41, 5.74) is -0.397. The molecule has 0 aromatic rings. The Hall–Kier alpha value is -0.810. The van der Waals surface area contributed by atoms with Gasteiger partial charge in [0.25, 0.3) is 0 Å². The molecule has 1 aliphatic carbocycles. The number of piperidine rings is 1. The van der Waals surface area contributed by atoms with Crippen LogP contribution < -0.4 is 5.32 Å². The highest BCUT2D eigenvalue weighted by molar-refractivity contribution is 5.69. The van der Waals surface area contributed by atoms with Crippen LogP contribution in [0.15, 0.2) is 0 Å². The van der Waals surface area contributed by atoms with E-state index in [4.69, 9.17) is 4.74 Å². The Morgan fingerprint density at radius 2 is 1.82 bits per heavy atom. The molecule has 1 amide bonds. The van der Waals surface area contributed by atoms with Gasteiger partial charge in [0.15, 0.2) is 0 Å². The molecule has 3 unspecified atom stereocenters. The minimum Gasteiger partial charge on any atom is -0.444 e. The second-order valence-corrected chi connectivity index (χ2v) is 8.48. The third kappa shape index (κ3) is 3.40. The van der Waals surface area contributed by atoms with Gasteiger partial charge in [-0.1, -0.05) is 0 Å². The Labute approximate surface area is 134 Å². The Kier molecular flexibility index (Phi) is 4.14. The van der Waals surface area contributed by atoms with Crippen LogP contribution >= 0.6 is 0 Å². The quantitative estimate of drug-likeness (QED) is 0.865. The Morgan fingerprint density at radius 1 is 1.18 bits per heavy atom. The van der Waals surface area contributed by atoms with Gasteiger partial charge in [-0.3, -0.25) is 4.90 Å². The first kappa shape index (κ1) is 16.1. The van der Waals surface area contributed by atoms with E-state index in [1.807, 2.05) is 25.7 Å². The van der Waals surface area contributed by atoms with Gasteiger partial charge in [-0.05, 0) is 59.4 Å². The lowest BCUT2D eigenvalue weighted by Gasteiger charge is -2.26. The maximum absolute atomic E-state index is 12.1.